The molecule has 0 saturated heterocycles. The number of hydrogen-bond acceptors (Lipinski definition) is 3. The van der Waals surface area contributed by atoms with Crippen molar-refractivity contribution < 1.29 is 14.3 Å². The van der Waals surface area contributed by atoms with Crippen LogP contribution in [0.1, 0.15) is 33.1 Å². The minimum absolute atomic E-state index is 0.0306. The minimum Gasteiger partial charge on any atom is -0.468 e. The van der Waals surface area contributed by atoms with Crippen LogP contribution in [0.2, 0.25) is 0 Å². The van der Waals surface area contributed by atoms with E-state index in [1.807, 2.05) is 13.8 Å². The van der Waals surface area contributed by atoms with Gasteiger partial charge in [-0.05, 0) is 18.3 Å². The molecule has 0 radical (unpaired) electrons. The third-order valence-corrected chi connectivity index (χ3v) is 2.78. The highest BCUT2D eigenvalue weighted by Gasteiger charge is 2.43. The molecule has 1 fully saturated rings. The summed E-state index contributed by atoms with van der Waals surface area (Å²) in [5.74, 6) is -0.899. The molecule has 0 unspecified atom stereocenters. The number of esters is 1. The van der Waals surface area contributed by atoms with Crippen molar-refractivity contribution >= 4 is 11.8 Å². The van der Waals surface area contributed by atoms with Crippen molar-refractivity contribution in [3.63, 3.8) is 0 Å². The van der Waals surface area contributed by atoms with E-state index in [0.29, 0.717) is 6.42 Å². The minimum atomic E-state index is -0.550. The maximum Gasteiger partial charge on any atom is 0.316 e. The molecule has 0 amide bonds. The summed E-state index contributed by atoms with van der Waals surface area (Å²) in [6.45, 7) is 3.90. The molecule has 1 rings (SSSR count). The first kappa shape index (κ1) is 10.2. The fraction of sp³-hybridized carbons (Fsp3) is 0.800. The Morgan fingerprint density at radius 2 is 2.15 bits per heavy atom. The number of methoxy groups -OCH3 is 1. The molecule has 1 saturated carbocycles. The van der Waals surface area contributed by atoms with Gasteiger partial charge in [0.2, 0.25) is 0 Å². The molecule has 0 aromatic carbocycles. The maximum atomic E-state index is 11.5. The van der Waals surface area contributed by atoms with Crippen LogP contribution in [0, 0.1) is 11.3 Å². The Morgan fingerprint density at radius 1 is 1.54 bits per heavy atom. The fourth-order valence-electron chi connectivity index (χ4n) is 2.01. The highest BCUT2D eigenvalue weighted by atomic mass is 16.5. The molecule has 74 valence electrons. The molecule has 3 nitrogen and oxygen atoms in total. The van der Waals surface area contributed by atoms with Gasteiger partial charge in [0.1, 0.15) is 11.7 Å². The van der Waals surface area contributed by atoms with Crippen molar-refractivity contribution in [1.29, 1.82) is 0 Å². The Hall–Kier alpha value is -0.860. The molecular weight excluding hydrogens is 168 g/mol. The highest BCUT2D eigenvalue weighted by Crippen LogP contribution is 2.38. The van der Waals surface area contributed by atoms with Crippen LogP contribution < -0.4 is 0 Å². The van der Waals surface area contributed by atoms with Crippen LogP contribution in [-0.2, 0) is 14.3 Å². The summed E-state index contributed by atoms with van der Waals surface area (Å²) in [4.78, 5) is 22.9. The Bertz CT molecular complexity index is 222. The van der Waals surface area contributed by atoms with Gasteiger partial charge in [-0.2, -0.15) is 0 Å². The van der Waals surface area contributed by atoms with Crippen LogP contribution in [0.3, 0.4) is 0 Å². The van der Waals surface area contributed by atoms with E-state index in [1.54, 1.807) is 0 Å². The van der Waals surface area contributed by atoms with Crippen LogP contribution in [0.25, 0.3) is 0 Å². The Kier molecular flexibility index (Phi) is 2.74. The molecule has 0 spiro atoms. The Labute approximate surface area is 78.5 Å². The van der Waals surface area contributed by atoms with Gasteiger partial charge < -0.3 is 4.74 Å². The van der Waals surface area contributed by atoms with Crippen LogP contribution >= 0.6 is 0 Å². The van der Waals surface area contributed by atoms with Crippen molar-refractivity contribution in [3.05, 3.63) is 0 Å². The Morgan fingerprint density at radius 3 is 2.62 bits per heavy atom. The molecule has 3 heteroatoms. The van der Waals surface area contributed by atoms with Gasteiger partial charge in [-0.3, -0.25) is 9.59 Å². The van der Waals surface area contributed by atoms with Crippen molar-refractivity contribution in [2.45, 2.75) is 33.1 Å². The second-order valence-electron chi connectivity index (χ2n) is 4.26. The lowest BCUT2D eigenvalue weighted by Crippen LogP contribution is -2.41. The molecule has 1 aliphatic carbocycles. The Balaban J connectivity index is 2.87. The fourth-order valence-corrected chi connectivity index (χ4v) is 2.01. The SMILES string of the molecule is COC(=O)[C@@H]1C(=O)CCCC1(C)C. The molecule has 0 N–H and O–H groups in total. The van der Waals surface area contributed by atoms with E-state index >= 15 is 0 Å². The van der Waals surface area contributed by atoms with Gasteiger partial charge in [-0.25, -0.2) is 0 Å². The largest absolute Gasteiger partial charge is 0.468 e. The topological polar surface area (TPSA) is 43.4 Å². The third kappa shape index (κ3) is 1.90. The van der Waals surface area contributed by atoms with E-state index < -0.39 is 5.92 Å². The maximum absolute atomic E-state index is 11.5. The smallest absolute Gasteiger partial charge is 0.316 e. The number of ether oxygens (including phenoxy) is 1. The quantitative estimate of drug-likeness (QED) is 0.458. The third-order valence-electron chi connectivity index (χ3n) is 2.78. The van der Waals surface area contributed by atoms with Crippen LogP contribution in [0.4, 0.5) is 0 Å². The molecule has 13 heavy (non-hydrogen) atoms. The molecule has 0 bridgehead atoms. The molecule has 0 aliphatic heterocycles. The molecule has 0 heterocycles. The van der Waals surface area contributed by atoms with Crippen molar-refractivity contribution in [2.75, 3.05) is 7.11 Å². The molecule has 0 aromatic heterocycles. The molecule has 1 atom stereocenters. The summed E-state index contributed by atoms with van der Waals surface area (Å²) in [7, 11) is 1.33. The van der Waals surface area contributed by atoms with E-state index in [-0.39, 0.29) is 17.2 Å². The van der Waals surface area contributed by atoms with Crippen LogP contribution in [0.15, 0.2) is 0 Å². The van der Waals surface area contributed by atoms with E-state index in [0.717, 1.165) is 12.8 Å². The van der Waals surface area contributed by atoms with Gasteiger partial charge in [0.05, 0.1) is 7.11 Å². The van der Waals surface area contributed by atoms with Gasteiger partial charge >= 0.3 is 5.97 Å². The molecule has 1 aliphatic rings. The first-order chi connectivity index (χ1) is 5.99. The zero-order valence-corrected chi connectivity index (χ0v) is 8.42. The second-order valence-corrected chi connectivity index (χ2v) is 4.26. The summed E-state index contributed by atoms with van der Waals surface area (Å²) >= 11 is 0. The van der Waals surface area contributed by atoms with Gasteiger partial charge in [0.25, 0.3) is 0 Å². The van der Waals surface area contributed by atoms with Crippen molar-refractivity contribution in [3.8, 4) is 0 Å². The summed E-state index contributed by atoms with van der Waals surface area (Å²) in [5.41, 5.74) is -0.234. The average Bonchev–Trinajstić information content (AvgIpc) is 2.02. The van der Waals surface area contributed by atoms with E-state index in [9.17, 15) is 9.59 Å². The van der Waals surface area contributed by atoms with Gasteiger partial charge in [-0.1, -0.05) is 13.8 Å². The molecular formula is C10H16O3. The zero-order valence-electron chi connectivity index (χ0n) is 8.42. The lowest BCUT2D eigenvalue weighted by atomic mass is 9.68. The van der Waals surface area contributed by atoms with E-state index in [4.69, 9.17) is 0 Å². The predicted octanol–water partition coefficient (Wildman–Crippen LogP) is 1.55. The lowest BCUT2D eigenvalue weighted by Gasteiger charge is -2.35. The van der Waals surface area contributed by atoms with Gasteiger partial charge in [-0.15, -0.1) is 0 Å². The standard InChI is InChI=1S/C10H16O3/c1-10(2)6-4-5-7(11)8(10)9(12)13-3/h8H,4-6H2,1-3H3/t8-/m0/s1. The van der Waals surface area contributed by atoms with E-state index in [1.165, 1.54) is 7.11 Å². The summed E-state index contributed by atoms with van der Waals surface area (Å²) in [6, 6.07) is 0. The summed E-state index contributed by atoms with van der Waals surface area (Å²) in [6.07, 6.45) is 2.32. The summed E-state index contributed by atoms with van der Waals surface area (Å²) < 4.78 is 4.64. The van der Waals surface area contributed by atoms with Crippen molar-refractivity contribution in [1.82, 2.24) is 0 Å². The first-order valence-corrected chi connectivity index (χ1v) is 4.59. The number of ketones is 1. The number of carbonyl (C=O) groups excluding carboxylic acids is 2. The zero-order chi connectivity index (χ0) is 10.1. The normalized spacial score (nSPS) is 27.0. The molecule has 0 aromatic rings. The van der Waals surface area contributed by atoms with Gasteiger partial charge in [0, 0.05) is 6.42 Å². The lowest BCUT2D eigenvalue weighted by molar-refractivity contribution is -0.156. The number of hydrogen-bond donors (Lipinski definition) is 0. The number of carbonyl (C=O) groups is 2. The average molecular weight is 184 g/mol. The van der Waals surface area contributed by atoms with Crippen LogP contribution in [-0.4, -0.2) is 18.9 Å². The van der Waals surface area contributed by atoms with Crippen LogP contribution in [0.5, 0.6) is 0 Å². The monoisotopic (exact) mass is 184 g/mol. The number of rotatable bonds is 1. The van der Waals surface area contributed by atoms with Gasteiger partial charge in [0.15, 0.2) is 0 Å². The summed E-state index contributed by atoms with van der Waals surface area (Å²) in [5, 5.41) is 0. The van der Waals surface area contributed by atoms with Crippen molar-refractivity contribution in [2.24, 2.45) is 11.3 Å². The van der Waals surface area contributed by atoms with E-state index in [2.05, 4.69) is 4.74 Å². The first-order valence-electron chi connectivity index (χ1n) is 4.59. The number of Topliss-reactive ketones (excluding diaryl/α,β-unsaturated/α-hetero) is 1. The second kappa shape index (κ2) is 3.48. The predicted molar refractivity (Wildman–Crippen MR) is 48.1 cm³/mol. The highest BCUT2D eigenvalue weighted by molar-refractivity contribution is 6.00.